The first kappa shape index (κ1) is 21.2. The van der Waals surface area contributed by atoms with E-state index in [4.69, 9.17) is 4.74 Å². The third-order valence-electron chi connectivity index (χ3n) is 4.18. The molecule has 2 aromatic carbocycles. The van der Waals surface area contributed by atoms with Crippen LogP contribution in [0.1, 0.15) is 34.3 Å². The van der Waals surface area contributed by atoms with Crippen molar-refractivity contribution in [1.82, 2.24) is 10.6 Å². The molecule has 2 amide bonds. The Kier molecular flexibility index (Phi) is 8.72. The predicted molar refractivity (Wildman–Crippen MR) is 107 cm³/mol. The molecule has 0 aliphatic heterocycles. The first-order chi connectivity index (χ1) is 13.6. The number of carbonyl (C=O) groups is 3. The van der Waals surface area contributed by atoms with Gasteiger partial charge in [-0.2, -0.15) is 0 Å². The maximum absolute atomic E-state index is 12.0. The summed E-state index contributed by atoms with van der Waals surface area (Å²) in [5, 5.41) is 5.40. The van der Waals surface area contributed by atoms with Crippen LogP contribution in [0.2, 0.25) is 0 Å². The molecule has 0 aliphatic carbocycles. The number of benzene rings is 2. The lowest BCUT2D eigenvalue weighted by atomic mass is 10.1. The number of hydrogen-bond donors (Lipinski definition) is 2. The molecule has 2 aromatic rings. The molecule has 0 radical (unpaired) electrons. The van der Waals surface area contributed by atoms with Gasteiger partial charge in [-0.15, -0.1) is 0 Å². The highest BCUT2D eigenvalue weighted by Gasteiger charge is 2.10. The van der Waals surface area contributed by atoms with Gasteiger partial charge in [0.05, 0.1) is 6.42 Å². The minimum absolute atomic E-state index is 0.0128. The van der Waals surface area contributed by atoms with Crippen LogP contribution in [-0.4, -0.2) is 37.5 Å². The van der Waals surface area contributed by atoms with Gasteiger partial charge in [-0.25, -0.2) is 0 Å². The summed E-state index contributed by atoms with van der Waals surface area (Å²) in [6, 6.07) is 17.2. The molecule has 0 unspecified atom stereocenters. The van der Waals surface area contributed by atoms with Crippen molar-refractivity contribution in [2.75, 3.05) is 19.7 Å². The second kappa shape index (κ2) is 11.5. The summed E-state index contributed by atoms with van der Waals surface area (Å²) in [6.45, 7) is 2.22. The van der Waals surface area contributed by atoms with Gasteiger partial charge in [0.2, 0.25) is 0 Å². The second-order valence-electron chi connectivity index (χ2n) is 6.42. The fourth-order valence-electron chi connectivity index (χ4n) is 2.64. The third-order valence-corrected chi connectivity index (χ3v) is 4.18. The molecule has 2 N–H and O–H groups in total. The largest absolute Gasteiger partial charge is 0.456 e. The fraction of sp³-hybridized carbons (Fsp3) is 0.318. The Bertz CT molecular complexity index is 790. The van der Waals surface area contributed by atoms with Crippen molar-refractivity contribution in [3.8, 4) is 0 Å². The van der Waals surface area contributed by atoms with Gasteiger partial charge in [0, 0.05) is 18.7 Å². The first-order valence-electron chi connectivity index (χ1n) is 9.36. The molecule has 0 aromatic heterocycles. The lowest BCUT2D eigenvalue weighted by Gasteiger charge is -2.08. The summed E-state index contributed by atoms with van der Waals surface area (Å²) in [5.41, 5.74) is 2.66. The summed E-state index contributed by atoms with van der Waals surface area (Å²) < 4.78 is 4.93. The molecular formula is C22H26N2O4. The van der Waals surface area contributed by atoms with Gasteiger partial charge in [-0.05, 0) is 37.0 Å². The molecule has 0 saturated carbocycles. The molecule has 148 valence electrons. The molecular weight excluding hydrogens is 356 g/mol. The van der Waals surface area contributed by atoms with E-state index in [9.17, 15) is 14.4 Å². The van der Waals surface area contributed by atoms with Crippen LogP contribution in [0.5, 0.6) is 0 Å². The van der Waals surface area contributed by atoms with Crippen LogP contribution >= 0.6 is 0 Å². The van der Waals surface area contributed by atoms with Gasteiger partial charge < -0.3 is 15.4 Å². The lowest BCUT2D eigenvalue weighted by Crippen LogP contribution is -2.31. The number of aryl methyl sites for hydroxylation is 2. The number of hydrogen-bond acceptors (Lipinski definition) is 4. The van der Waals surface area contributed by atoms with Crippen LogP contribution in [0.25, 0.3) is 0 Å². The van der Waals surface area contributed by atoms with Crippen LogP contribution in [0.4, 0.5) is 0 Å². The Labute approximate surface area is 165 Å². The van der Waals surface area contributed by atoms with Gasteiger partial charge in [-0.3, -0.25) is 14.4 Å². The highest BCUT2D eigenvalue weighted by Crippen LogP contribution is 2.06. The van der Waals surface area contributed by atoms with Gasteiger partial charge in [-0.1, -0.05) is 48.5 Å². The molecule has 28 heavy (non-hydrogen) atoms. The van der Waals surface area contributed by atoms with Crippen LogP contribution in [0, 0.1) is 6.92 Å². The Morgan fingerprint density at radius 1 is 0.893 bits per heavy atom. The SMILES string of the molecule is Cc1ccccc1C(=O)NCCC(=O)OCC(=O)NCCCc1ccccc1. The minimum atomic E-state index is -0.524. The topological polar surface area (TPSA) is 84.5 Å². The van der Waals surface area contributed by atoms with Crippen molar-refractivity contribution in [2.45, 2.75) is 26.2 Å². The first-order valence-corrected chi connectivity index (χ1v) is 9.36. The van der Waals surface area contributed by atoms with Crippen molar-refractivity contribution in [1.29, 1.82) is 0 Å². The van der Waals surface area contributed by atoms with E-state index in [1.807, 2.05) is 49.4 Å². The van der Waals surface area contributed by atoms with Crippen molar-refractivity contribution >= 4 is 17.8 Å². The van der Waals surface area contributed by atoms with Gasteiger partial charge >= 0.3 is 5.97 Å². The summed E-state index contributed by atoms with van der Waals surface area (Å²) in [5.74, 6) is -1.09. The quantitative estimate of drug-likeness (QED) is 0.488. The van der Waals surface area contributed by atoms with E-state index < -0.39 is 5.97 Å². The average Bonchev–Trinajstić information content (AvgIpc) is 2.70. The Hall–Kier alpha value is -3.15. The molecule has 0 saturated heterocycles. The van der Waals surface area contributed by atoms with E-state index >= 15 is 0 Å². The van der Waals surface area contributed by atoms with Crippen LogP contribution in [-0.2, 0) is 20.7 Å². The fourth-order valence-corrected chi connectivity index (χ4v) is 2.64. The second-order valence-corrected chi connectivity index (χ2v) is 6.42. The molecule has 6 heteroatoms. The summed E-state index contributed by atoms with van der Waals surface area (Å²) >= 11 is 0. The highest BCUT2D eigenvalue weighted by atomic mass is 16.5. The van der Waals surface area contributed by atoms with E-state index in [0.29, 0.717) is 12.1 Å². The van der Waals surface area contributed by atoms with Crippen LogP contribution in [0.3, 0.4) is 0 Å². The Balaban J connectivity index is 1.54. The number of esters is 1. The molecule has 0 spiro atoms. The molecule has 0 aliphatic rings. The minimum Gasteiger partial charge on any atom is -0.456 e. The smallest absolute Gasteiger partial charge is 0.308 e. The van der Waals surface area contributed by atoms with Crippen LogP contribution < -0.4 is 10.6 Å². The highest BCUT2D eigenvalue weighted by molar-refractivity contribution is 5.95. The Morgan fingerprint density at radius 3 is 2.36 bits per heavy atom. The van der Waals surface area contributed by atoms with Crippen LogP contribution in [0.15, 0.2) is 54.6 Å². The summed E-state index contributed by atoms with van der Waals surface area (Å²) in [7, 11) is 0. The van der Waals surface area contributed by atoms with E-state index in [2.05, 4.69) is 10.6 Å². The van der Waals surface area contributed by atoms with Crippen molar-refractivity contribution in [2.24, 2.45) is 0 Å². The molecule has 0 bridgehead atoms. The monoisotopic (exact) mass is 382 g/mol. The van der Waals surface area contributed by atoms with Crippen molar-refractivity contribution in [3.05, 3.63) is 71.3 Å². The zero-order chi connectivity index (χ0) is 20.2. The van der Waals surface area contributed by atoms with E-state index in [1.165, 1.54) is 5.56 Å². The lowest BCUT2D eigenvalue weighted by molar-refractivity contribution is -0.148. The maximum Gasteiger partial charge on any atom is 0.308 e. The standard InChI is InChI=1S/C22H26N2O4/c1-17-8-5-6-12-19(17)22(27)24-15-13-21(26)28-16-20(25)23-14-7-11-18-9-3-2-4-10-18/h2-6,8-10,12H,7,11,13-16H2,1H3,(H,23,25)(H,24,27). The normalized spacial score (nSPS) is 10.2. The number of rotatable bonds is 10. The predicted octanol–water partition coefficient (Wildman–Crippen LogP) is 2.41. The summed E-state index contributed by atoms with van der Waals surface area (Å²) in [4.78, 5) is 35.4. The third kappa shape index (κ3) is 7.61. The van der Waals surface area contributed by atoms with Gasteiger partial charge in [0.1, 0.15) is 0 Å². The van der Waals surface area contributed by atoms with E-state index in [0.717, 1.165) is 18.4 Å². The molecule has 0 fully saturated rings. The zero-order valence-electron chi connectivity index (χ0n) is 16.1. The molecule has 2 rings (SSSR count). The maximum atomic E-state index is 12.0. The van der Waals surface area contributed by atoms with Gasteiger partial charge in [0.25, 0.3) is 11.8 Å². The number of nitrogens with one attached hydrogen (secondary N) is 2. The number of ether oxygens (including phenoxy) is 1. The number of amides is 2. The molecule has 6 nitrogen and oxygen atoms in total. The van der Waals surface area contributed by atoms with Gasteiger partial charge in [0.15, 0.2) is 6.61 Å². The van der Waals surface area contributed by atoms with Crippen molar-refractivity contribution in [3.63, 3.8) is 0 Å². The van der Waals surface area contributed by atoms with E-state index in [-0.39, 0.29) is 31.4 Å². The molecule has 0 heterocycles. The van der Waals surface area contributed by atoms with E-state index in [1.54, 1.807) is 12.1 Å². The average molecular weight is 382 g/mol. The zero-order valence-corrected chi connectivity index (χ0v) is 16.1. The summed E-state index contributed by atoms with van der Waals surface area (Å²) in [6.07, 6.45) is 1.70. The molecule has 0 atom stereocenters. The van der Waals surface area contributed by atoms with Crippen molar-refractivity contribution < 1.29 is 19.1 Å². The Morgan fingerprint density at radius 2 is 1.61 bits per heavy atom. The number of carbonyl (C=O) groups excluding carboxylic acids is 3.